The number of aromatic nitrogens is 2. The first-order chi connectivity index (χ1) is 7.83. The van der Waals surface area contributed by atoms with Crippen molar-refractivity contribution in [2.24, 2.45) is 0 Å². The molecule has 84 valence electrons. The monoisotopic (exact) mass is 219 g/mol. The van der Waals surface area contributed by atoms with Gasteiger partial charge in [0.05, 0.1) is 24.7 Å². The van der Waals surface area contributed by atoms with Crippen molar-refractivity contribution in [3.8, 4) is 6.07 Å². The van der Waals surface area contributed by atoms with Gasteiger partial charge in [-0.25, -0.2) is 0 Å². The highest BCUT2D eigenvalue weighted by Gasteiger charge is 1.99. The van der Waals surface area contributed by atoms with Crippen LogP contribution in [0.25, 0.3) is 0 Å². The van der Waals surface area contributed by atoms with E-state index < -0.39 is 0 Å². The standard InChI is InChI=1S/C10H13N5O/c11-4-2-5-13-10(16)8-12-7-9-3-1-6-14-15-9/h1,3,6,12H,2,5,7-8H2,(H,13,16). The minimum Gasteiger partial charge on any atom is -0.354 e. The fourth-order valence-electron chi connectivity index (χ4n) is 1.05. The van der Waals surface area contributed by atoms with Crippen LogP contribution < -0.4 is 10.6 Å². The minimum atomic E-state index is -0.126. The van der Waals surface area contributed by atoms with E-state index in [9.17, 15) is 4.79 Å². The van der Waals surface area contributed by atoms with Crippen molar-refractivity contribution >= 4 is 5.91 Å². The molecule has 1 aromatic heterocycles. The zero-order valence-corrected chi connectivity index (χ0v) is 8.81. The summed E-state index contributed by atoms with van der Waals surface area (Å²) in [6.07, 6.45) is 1.92. The van der Waals surface area contributed by atoms with E-state index in [1.165, 1.54) is 0 Å². The Balaban J connectivity index is 2.12. The Kier molecular flexibility index (Phi) is 5.52. The van der Waals surface area contributed by atoms with Gasteiger partial charge in [-0.2, -0.15) is 15.5 Å². The molecule has 0 radical (unpaired) electrons. The molecule has 1 heterocycles. The van der Waals surface area contributed by atoms with Gasteiger partial charge in [0.2, 0.25) is 5.91 Å². The van der Waals surface area contributed by atoms with E-state index >= 15 is 0 Å². The van der Waals surface area contributed by atoms with Crippen molar-refractivity contribution in [1.82, 2.24) is 20.8 Å². The predicted molar refractivity (Wildman–Crippen MR) is 57.0 cm³/mol. The number of nitrogens with one attached hydrogen (secondary N) is 2. The quantitative estimate of drug-likeness (QED) is 0.635. The molecule has 16 heavy (non-hydrogen) atoms. The van der Waals surface area contributed by atoms with E-state index in [1.54, 1.807) is 12.3 Å². The molecule has 0 bridgehead atoms. The molecule has 1 rings (SSSR count). The summed E-state index contributed by atoms with van der Waals surface area (Å²) in [7, 11) is 0. The maximum atomic E-state index is 11.2. The molecule has 0 aliphatic rings. The molecular weight excluding hydrogens is 206 g/mol. The lowest BCUT2D eigenvalue weighted by Crippen LogP contribution is -2.34. The molecular formula is C10H13N5O. The van der Waals surface area contributed by atoms with Crippen LogP contribution in [0.1, 0.15) is 12.1 Å². The fourth-order valence-corrected chi connectivity index (χ4v) is 1.05. The number of hydrogen-bond acceptors (Lipinski definition) is 5. The summed E-state index contributed by atoms with van der Waals surface area (Å²) in [5, 5.41) is 21.4. The normalized spacial score (nSPS) is 9.44. The van der Waals surface area contributed by atoms with Crippen LogP contribution in [0.3, 0.4) is 0 Å². The van der Waals surface area contributed by atoms with Crippen LogP contribution in [0.5, 0.6) is 0 Å². The molecule has 0 unspecified atom stereocenters. The number of nitriles is 1. The Morgan fingerprint density at radius 2 is 2.44 bits per heavy atom. The molecule has 2 N–H and O–H groups in total. The van der Waals surface area contributed by atoms with Gasteiger partial charge in [0.1, 0.15) is 0 Å². The van der Waals surface area contributed by atoms with Crippen molar-refractivity contribution in [2.75, 3.05) is 13.1 Å². The van der Waals surface area contributed by atoms with Gasteiger partial charge in [0.15, 0.2) is 0 Å². The van der Waals surface area contributed by atoms with Crippen LogP contribution in [0.2, 0.25) is 0 Å². The van der Waals surface area contributed by atoms with E-state index in [0.717, 1.165) is 5.69 Å². The van der Waals surface area contributed by atoms with Crippen LogP contribution in [0.4, 0.5) is 0 Å². The summed E-state index contributed by atoms with van der Waals surface area (Å²) >= 11 is 0. The van der Waals surface area contributed by atoms with Crippen molar-refractivity contribution in [3.63, 3.8) is 0 Å². The summed E-state index contributed by atoms with van der Waals surface area (Å²) in [5.74, 6) is -0.126. The minimum absolute atomic E-state index is 0.126. The van der Waals surface area contributed by atoms with Gasteiger partial charge in [-0.3, -0.25) is 4.79 Å². The number of carbonyl (C=O) groups excluding carboxylic acids is 1. The van der Waals surface area contributed by atoms with Crippen LogP contribution in [0.15, 0.2) is 18.3 Å². The zero-order valence-electron chi connectivity index (χ0n) is 8.81. The van der Waals surface area contributed by atoms with Crippen LogP contribution in [-0.4, -0.2) is 29.2 Å². The van der Waals surface area contributed by atoms with Crippen molar-refractivity contribution in [1.29, 1.82) is 5.26 Å². The zero-order chi connectivity index (χ0) is 11.6. The lowest BCUT2D eigenvalue weighted by Gasteiger charge is -2.04. The third-order valence-corrected chi connectivity index (χ3v) is 1.78. The van der Waals surface area contributed by atoms with Gasteiger partial charge >= 0.3 is 0 Å². The van der Waals surface area contributed by atoms with Gasteiger partial charge in [-0.15, -0.1) is 0 Å². The van der Waals surface area contributed by atoms with E-state index in [0.29, 0.717) is 19.5 Å². The highest BCUT2D eigenvalue weighted by Crippen LogP contribution is 1.88. The van der Waals surface area contributed by atoms with Crippen molar-refractivity contribution < 1.29 is 4.79 Å². The highest BCUT2D eigenvalue weighted by atomic mass is 16.1. The van der Waals surface area contributed by atoms with E-state index in [1.807, 2.05) is 12.1 Å². The summed E-state index contributed by atoms with van der Waals surface area (Å²) < 4.78 is 0. The molecule has 0 saturated heterocycles. The molecule has 0 aliphatic heterocycles. The van der Waals surface area contributed by atoms with Crippen molar-refractivity contribution in [2.45, 2.75) is 13.0 Å². The first kappa shape index (κ1) is 12.1. The molecule has 1 amide bonds. The Hall–Kier alpha value is -2.00. The maximum absolute atomic E-state index is 11.2. The Morgan fingerprint density at radius 3 is 3.12 bits per heavy atom. The average Bonchev–Trinajstić information content (AvgIpc) is 2.31. The van der Waals surface area contributed by atoms with Gasteiger partial charge in [0.25, 0.3) is 0 Å². The SMILES string of the molecule is N#CCCNC(=O)CNCc1cccnn1. The van der Waals surface area contributed by atoms with Gasteiger partial charge in [-0.05, 0) is 12.1 Å². The Bertz CT molecular complexity index is 359. The topological polar surface area (TPSA) is 90.7 Å². The van der Waals surface area contributed by atoms with Gasteiger partial charge in [0, 0.05) is 19.3 Å². The summed E-state index contributed by atoms with van der Waals surface area (Å²) in [5.41, 5.74) is 0.785. The second-order valence-electron chi connectivity index (χ2n) is 3.08. The number of carbonyl (C=O) groups is 1. The lowest BCUT2D eigenvalue weighted by molar-refractivity contribution is -0.120. The number of hydrogen-bond donors (Lipinski definition) is 2. The molecule has 6 heteroatoms. The van der Waals surface area contributed by atoms with E-state index in [4.69, 9.17) is 5.26 Å². The molecule has 1 aromatic rings. The molecule has 0 saturated carbocycles. The fraction of sp³-hybridized carbons (Fsp3) is 0.400. The Labute approximate surface area is 93.7 Å². The lowest BCUT2D eigenvalue weighted by atomic mass is 10.4. The molecule has 0 spiro atoms. The summed E-state index contributed by atoms with van der Waals surface area (Å²) in [6.45, 7) is 1.10. The molecule has 0 aromatic carbocycles. The van der Waals surface area contributed by atoms with Crippen LogP contribution in [-0.2, 0) is 11.3 Å². The molecule has 0 aliphatic carbocycles. The first-order valence-electron chi connectivity index (χ1n) is 4.94. The molecule has 6 nitrogen and oxygen atoms in total. The summed E-state index contributed by atoms with van der Waals surface area (Å²) in [6, 6.07) is 5.57. The smallest absolute Gasteiger partial charge is 0.234 e. The highest BCUT2D eigenvalue weighted by molar-refractivity contribution is 5.77. The summed E-state index contributed by atoms with van der Waals surface area (Å²) in [4.78, 5) is 11.2. The van der Waals surface area contributed by atoms with Crippen LogP contribution in [0, 0.1) is 11.3 Å². The van der Waals surface area contributed by atoms with Crippen molar-refractivity contribution in [3.05, 3.63) is 24.0 Å². The van der Waals surface area contributed by atoms with Gasteiger partial charge < -0.3 is 10.6 Å². The van der Waals surface area contributed by atoms with Crippen LogP contribution >= 0.6 is 0 Å². The second kappa shape index (κ2) is 7.31. The third-order valence-electron chi connectivity index (χ3n) is 1.78. The molecule has 0 fully saturated rings. The molecule has 0 atom stereocenters. The van der Waals surface area contributed by atoms with E-state index in [-0.39, 0.29) is 12.5 Å². The predicted octanol–water partition coefficient (Wildman–Crippen LogP) is -0.404. The largest absolute Gasteiger partial charge is 0.354 e. The third kappa shape index (κ3) is 5.02. The van der Waals surface area contributed by atoms with E-state index in [2.05, 4.69) is 20.8 Å². The first-order valence-corrected chi connectivity index (χ1v) is 4.94. The maximum Gasteiger partial charge on any atom is 0.234 e. The van der Waals surface area contributed by atoms with Gasteiger partial charge in [-0.1, -0.05) is 0 Å². The second-order valence-corrected chi connectivity index (χ2v) is 3.08. The number of nitrogens with zero attached hydrogens (tertiary/aromatic N) is 3. The number of rotatable bonds is 6. The Morgan fingerprint density at radius 1 is 1.56 bits per heavy atom. The number of amides is 1. The average molecular weight is 219 g/mol.